The van der Waals surface area contributed by atoms with Gasteiger partial charge < -0.3 is 15.2 Å². The van der Waals surface area contributed by atoms with E-state index in [1.807, 2.05) is 0 Å². The molecule has 0 aliphatic heterocycles. The molecule has 1 aromatic rings. The molecule has 0 atom stereocenters. The van der Waals surface area contributed by atoms with Crippen molar-refractivity contribution in [3.63, 3.8) is 0 Å². The average molecular weight is 409 g/mol. The number of nitrogens with zero attached hydrogens (tertiary/aromatic N) is 1. The normalized spacial score (nSPS) is 12.6. The molecule has 0 bridgehead atoms. The van der Waals surface area contributed by atoms with Crippen molar-refractivity contribution < 1.29 is 32.6 Å². The minimum Gasteiger partial charge on any atom is -0.463 e. The maximum absolute atomic E-state index is 13.2. The summed E-state index contributed by atoms with van der Waals surface area (Å²) in [6.45, 7) is 4.27. The van der Waals surface area contributed by atoms with E-state index in [0.717, 1.165) is 7.05 Å². The van der Waals surface area contributed by atoms with Crippen LogP contribution in [0, 0.1) is 0 Å². The molecule has 150 valence electrons. The van der Waals surface area contributed by atoms with Crippen molar-refractivity contribution in [2.75, 3.05) is 19.0 Å². The molecule has 0 aliphatic carbocycles. The van der Waals surface area contributed by atoms with Crippen molar-refractivity contribution in [3.8, 4) is 0 Å². The van der Waals surface area contributed by atoms with E-state index < -0.39 is 29.5 Å². The minimum absolute atomic E-state index is 0.110. The van der Waals surface area contributed by atoms with E-state index in [1.165, 1.54) is 39.0 Å². The molecule has 1 rings (SSSR count). The number of ether oxygens (including phenoxy) is 1. The summed E-state index contributed by atoms with van der Waals surface area (Å²) in [6, 6.07) is 2.96. The maximum Gasteiger partial charge on any atom is 0.431 e. The van der Waals surface area contributed by atoms with E-state index in [1.54, 1.807) is 0 Å². The predicted octanol–water partition coefficient (Wildman–Crippen LogP) is 4.04. The first-order valence-electron chi connectivity index (χ1n) is 7.80. The Morgan fingerprint density at radius 3 is 2.41 bits per heavy atom. The zero-order chi connectivity index (χ0) is 21.0. The fraction of sp³-hybridized carbons (Fsp3) is 0.412. The van der Waals surface area contributed by atoms with Gasteiger partial charge in [-0.1, -0.05) is 11.6 Å². The summed E-state index contributed by atoms with van der Waals surface area (Å²) < 4.78 is 44.1. The van der Waals surface area contributed by atoms with Crippen LogP contribution in [0.15, 0.2) is 30.0 Å². The van der Waals surface area contributed by atoms with Crippen LogP contribution in [0.5, 0.6) is 0 Å². The zero-order valence-corrected chi connectivity index (χ0v) is 15.9. The Balaban J connectivity index is 3.12. The average Bonchev–Trinajstić information content (AvgIpc) is 2.52. The van der Waals surface area contributed by atoms with Crippen LogP contribution < -0.4 is 5.32 Å². The largest absolute Gasteiger partial charge is 0.463 e. The maximum atomic E-state index is 13.2. The lowest BCUT2D eigenvalue weighted by Crippen LogP contribution is -2.37. The summed E-state index contributed by atoms with van der Waals surface area (Å²) in [6.07, 6.45) is -4.76. The highest BCUT2D eigenvalue weighted by Gasteiger charge is 2.39. The Hall–Kier alpha value is -2.26. The van der Waals surface area contributed by atoms with E-state index in [4.69, 9.17) is 11.6 Å². The van der Waals surface area contributed by atoms with Crippen LogP contribution in [0.4, 0.5) is 23.7 Å². The Kier molecular flexibility index (Phi) is 7.27. The second kappa shape index (κ2) is 8.62. The molecular formula is C17H20ClF3N2O4. The smallest absolute Gasteiger partial charge is 0.431 e. The number of hydrogen-bond donors (Lipinski definition) is 2. The standard InChI is InChI=1S/C17H20ClF3N2O4/c1-5-27-14(24)9-13(17(19,20)21)23(4)15(25)22-10-6-7-12(18)11(8-10)16(2,3)26/h6-9,26H,5H2,1-4H3,(H,22,25)/b13-9+. The molecular weight excluding hydrogens is 389 g/mol. The van der Waals surface area contributed by atoms with Crippen LogP contribution in [-0.4, -0.2) is 41.8 Å². The van der Waals surface area contributed by atoms with E-state index in [-0.39, 0.29) is 33.9 Å². The van der Waals surface area contributed by atoms with Gasteiger partial charge in [-0.15, -0.1) is 0 Å². The third-order valence-electron chi connectivity index (χ3n) is 3.37. The first kappa shape index (κ1) is 22.8. The molecule has 0 spiro atoms. The molecule has 0 saturated heterocycles. The summed E-state index contributed by atoms with van der Waals surface area (Å²) in [4.78, 5) is 23.8. The molecule has 0 aromatic heterocycles. The Labute approximate surface area is 159 Å². The molecule has 0 radical (unpaired) electrons. The SMILES string of the molecule is CCOC(=O)/C=C(/N(C)C(=O)Nc1ccc(Cl)c(C(C)(C)O)c1)C(F)(F)F. The van der Waals surface area contributed by atoms with Gasteiger partial charge in [-0.05, 0) is 39.0 Å². The van der Waals surface area contributed by atoms with Gasteiger partial charge in [0.05, 0.1) is 18.3 Å². The minimum atomic E-state index is -4.96. The quantitative estimate of drug-likeness (QED) is 0.569. The highest BCUT2D eigenvalue weighted by molar-refractivity contribution is 6.31. The highest BCUT2D eigenvalue weighted by atomic mass is 35.5. The molecule has 2 N–H and O–H groups in total. The van der Waals surface area contributed by atoms with Gasteiger partial charge in [0.25, 0.3) is 0 Å². The molecule has 10 heteroatoms. The molecule has 27 heavy (non-hydrogen) atoms. The second-order valence-electron chi connectivity index (χ2n) is 6.02. The van der Waals surface area contributed by atoms with Crippen LogP contribution in [0.1, 0.15) is 26.3 Å². The fourth-order valence-electron chi connectivity index (χ4n) is 2.05. The van der Waals surface area contributed by atoms with Crippen molar-refractivity contribution in [3.05, 3.63) is 40.6 Å². The third-order valence-corrected chi connectivity index (χ3v) is 3.70. The summed E-state index contributed by atoms with van der Waals surface area (Å²) in [5.74, 6) is -1.22. The van der Waals surface area contributed by atoms with Crippen molar-refractivity contribution in [1.82, 2.24) is 4.90 Å². The molecule has 0 heterocycles. The summed E-state index contributed by atoms with van der Waals surface area (Å²) in [7, 11) is 0.862. The monoisotopic (exact) mass is 408 g/mol. The van der Waals surface area contributed by atoms with Gasteiger partial charge in [0.15, 0.2) is 0 Å². The number of urea groups is 1. The number of anilines is 1. The van der Waals surface area contributed by atoms with Gasteiger partial charge in [0, 0.05) is 23.3 Å². The van der Waals surface area contributed by atoms with Crippen LogP contribution in [0.3, 0.4) is 0 Å². The second-order valence-corrected chi connectivity index (χ2v) is 6.43. The lowest BCUT2D eigenvalue weighted by atomic mass is 9.98. The Bertz CT molecular complexity index is 743. The van der Waals surface area contributed by atoms with Gasteiger partial charge in [-0.3, -0.25) is 4.90 Å². The number of amides is 2. The summed E-state index contributed by atoms with van der Waals surface area (Å²) in [5, 5.41) is 12.6. The van der Waals surface area contributed by atoms with Gasteiger partial charge in [0.2, 0.25) is 0 Å². The van der Waals surface area contributed by atoms with Gasteiger partial charge in [0.1, 0.15) is 5.70 Å². The van der Waals surface area contributed by atoms with Crippen LogP contribution in [-0.2, 0) is 15.1 Å². The number of benzene rings is 1. The Morgan fingerprint density at radius 1 is 1.33 bits per heavy atom. The molecule has 0 aliphatic rings. The van der Waals surface area contributed by atoms with E-state index in [0.29, 0.717) is 0 Å². The van der Waals surface area contributed by atoms with Crippen molar-refractivity contribution >= 4 is 29.3 Å². The summed E-state index contributed by atoms with van der Waals surface area (Å²) in [5.41, 5.74) is -2.42. The van der Waals surface area contributed by atoms with Gasteiger partial charge in [-0.2, -0.15) is 13.2 Å². The van der Waals surface area contributed by atoms with Gasteiger partial charge >= 0.3 is 18.2 Å². The topological polar surface area (TPSA) is 78.9 Å². The van der Waals surface area contributed by atoms with Crippen molar-refractivity contribution in [1.29, 1.82) is 0 Å². The van der Waals surface area contributed by atoms with E-state index >= 15 is 0 Å². The molecule has 1 aromatic carbocycles. The number of esters is 1. The molecule has 6 nitrogen and oxygen atoms in total. The van der Waals surface area contributed by atoms with Crippen LogP contribution in [0.2, 0.25) is 5.02 Å². The first-order valence-corrected chi connectivity index (χ1v) is 8.18. The van der Waals surface area contributed by atoms with Crippen LogP contribution in [0.25, 0.3) is 0 Å². The van der Waals surface area contributed by atoms with Gasteiger partial charge in [-0.25, -0.2) is 9.59 Å². The predicted molar refractivity (Wildman–Crippen MR) is 94.2 cm³/mol. The lowest BCUT2D eigenvalue weighted by molar-refractivity contribution is -0.139. The number of aliphatic hydroxyl groups is 1. The number of carbonyl (C=O) groups is 2. The highest BCUT2D eigenvalue weighted by Crippen LogP contribution is 2.31. The number of hydrogen-bond acceptors (Lipinski definition) is 4. The number of nitrogens with one attached hydrogen (secondary N) is 1. The number of alkyl halides is 3. The molecule has 0 saturated carbocycles. The van der Waals surface area contributed by atoms with Crippen LogP contribution >= 0.6 is 11.6 Å². The number of halogens is 4. The van der Waals surface area contributed by atoms with Crippen molar-refractivity contribution in [2.24, 2.45) is 0 Å². The first-order chi connectivity index (χ1) is 12.3. The molecule has 0 unspecified atom stereocenters. The summed E-state index contributed by atoms with van der Waals surface area (Å²) >= 11 is 5.98. The molecule has 2 amide bonds. The zero-order valence-electron chi connectivity index (χ0n) is 15.1. The number of allylic oxidation sites excluding steroid dienone is 1. The number of rotatable bonds is 5. The lowest BCUT2D eigenvalue weighted by Gasteiger charge is -2.24. The molecule has 0 fully saturated rings. The Morgan fingerprint density at radius 2 is 1.93 bits per heavy atom. The van der Waals surface area contributed by atoms with E-state index in [2.05, 4.69) is 10.1 Å². The fourth-order valence-corrected chi connectivity index (χ4v) is 2.40. The van der Waals surface area contributed by atoms with E-state index in [9.17, 15) is 27.9 Å². The number of carbonyl (C=O) groups excluding carboxylic acids is 2. The third kappa shape index (κ3) is 6.44. The van der Waals surface area contributed by atoms with Crippen molar-refractivity contribution in [2.45, 2.75) is 32.5 Å².